The van der Waals surface area contributed by atoms with Gasteiger partial charge < -0.3 is 28.9 Å². The van der Waals surface area contributed by atoms with E-state index in [4.69, 9.17) is 14.2 Å². The van der Waals surface area contributed by atoms with Crippen LogP contribution in [0.4, 0.5) is 20.6 Å². The number of hydrogen-bond donors (Lipinski definition) is 0. The molecule has 3 amide bonds. The molecule has 0 spiro atoms. The van der Waals surface area contributed by atoms with Crippen LogP contribution in [-0.2, 0) is 19.1 Å². The lowest BCUT2D eigenvalue weighted by molar-refractivity contribution is -0.124. The van der Waals surface area contributed by atoms with Crippen molar-refractivity contribution in [3.8, 4) is 16.9 Å². The van der Waals surface area contributed by atoms with Crippen LogP contribution in [0.1, 0.15) is 57.9 Å². The fourth-order valence-corrected chi connectivity index (χ4v) is 6.62. The Labute approximate surface area is 280 Å². The van der Waals surface area contributed by atoms with Gasteiger partial charge >= 0.3 is 6.09 Å². The van der Waals surface area contributed by atoms with E-state index in [1.54, 1.807) is 29.2 Å². The van der Waals surface area contributed by atoms with Gasteiger partial charge in [-0.25, -0.2) is 9.18 Å². The van der Waals surface area contributed by atoms with Crippen LogP contribution >= 0.6 is 0 Å². The maximum Gasteiger partial charge on any atom is 0.410 e. The lowest BCUT2D eigenvalue weighted by Gasteiger charge is -2.41. The van der Waals surface area contributed by atoms with Gasteiger partial charge in [-0.3, -0.25) is 14.6 Å². The Morgan fingerprint density at radius 2 is 1.92 bits per heavy atom. The van der Waals surface area contributed by atoms with Gasteiger partial charge in [0.25, 0.3) is 5.91 Å². The predicted octanol–water partition coefficient (Wildman–Crippen LogP) is 6.19. The van der Waals surface area contributed by atoms with Gasteiger partial charge in [-0.15, -0.1) is 0 Å². The molecule has 2 aliphatic heterocycles. The highest BCUT2D eigenvalue weighted by atomic mass is 19.1. The van der Waals surface area contributed by atoms with Crippen molar-refractivity contribution in [1.82, 2.24) is 9.88 Å². The molecule has 11 heteroatoms. The minimum absolute atomic E-state index is 0.00694. The molecule has 6 rings (SSSR count). The van der Waals surface area contributed by atoms with Crippen molar-refractivity contribution in [2.75, 3.05) is 49.8 Å². The molecule has 3 aliphatic rings. The maximum atomic E-state index is 14.9. The molecule has 2 fully saturated rings. The van der Waals surface area contributed by atoms with Crippen LogP contribution in [0.2, 0.25) is 0 Å². The zero-order valence-electron chi connectivity index (χ0n) is 28.0. The molecular formula is C37H43FN4O6. The van der Waals surface area contributed by atoms with E-state index in [9.17, 15) is 18.8 Å². The van der Waals surface area contributed by atoms with Crippen molar-refractivity contribution in [2.24, 2.45) is 5.92 Å². The van der Waals surface area contributed by atoms with E-state index in [0.717, 1.165) is 18.4 Å². The fourth-order valence-electron chi connectivity index (χ4n) is 6.62. The van der Waals surface area contributed by atoms with Gasteiger partial charge in [0.1, 0.15) is 17.2 Å². The van der Waals surface area contributed by atoms with Crippen LogP contribution in [0.5, 0.6) is 5.75 Å². The summed E-state index contributed by atoms with van der Waals surface area (Å²) in [5.74, 6) is -0.929. The highest BCUT2D eigenvalue weighted by molar-refractivity contribution is 6.01. The first kappa shape index (κ1) is 33.4. The second-order valence-electron chi connectivity index (χ2n) is 13.7. The Bertz CT molecular complexity index is 1670. The lowest BCUT2D eigenvalue weighted by Crippen LogP contribution is -2.51. The van der Waals surface area contributed by atoms with Crippen molar-refractivity contribution in [3.63, 3.8) is 0 Å². The second-order valence-corrected chi connectivity index (χ2v) is 13.7. The van der Waals surface area contributed by atoms with Crippen molar-refractivity contribution < 1.29 is 33.0 Å². The van der Waals surface area contributed by atoms with Crippen molar-refractivity contribution in [2.45, 2.75) is 64.0 Å². The summed E-state index contributed by atoms with van der Waals surface area (Å²) in [4.78, 5) is 50.2. The number of likely N-dealkylation sites (tertiary alicyclic amines) is 1. The van der Waals surface area contributed by atoms with Gasteiger partial charge in [-0.2, -0.15) is 0 Å². The largest absolute Gasteiger partial charge is 0.482 e. The van der Waals surface area contributed by atoms with E-state index in [1.807, 2.05) is 68.1 Å². The van der Waals surface area contributed by atoms with Crippen LogP contribution in [0.15, 0.2) is 60.9 Å². The minimum atomic E-state index is -0.686. The summed E-state index contributed by atoms with van der Waals surface area (Å²) in [6, 6.07) is 14.8. The molecule has 48 heavy (non-hydrogen) atoms. The summed E-state index contributed by atoms with van der Waals surface area (Å²) in [6.45, 7) is 6.98. The van der Waals surface area contributed by atoms with Gasteiger partial charge in [0, 0.05) is 56.8 Å². The Hall–Kier alpha value is -4.51. The average molecular weight is 659 g/mol. The number of benzene rings is 2. The summed E-state index contributed by atoms with van der Waals surface area (Å²) < 4.78 is 31.4. The molecule has 10 nitrogen and oxygen atoms in total. The monoisotopic (exact) mass is 658 g/mol. The number of rotatable bonds is 9. The molecule has 2 aromatic carbocycles. The Kier molecular flexibility index (Phi) is 9.68. The van der Waals surface area contributed by atoms with Crippen molar-refractivity contribution in [1.29, 1.82) is 0 Å². The molecule has 0 N–H and O–H groups in total. The highest BCUT2D eigenvalue weighted by Crippen LogP contribution is 2.43. The number of halogens is 1. The van der Waals surface area contributed by atoms with Crippen molar-refractivity contribution in [3.05, 3.63) is 72.3 Å². The lowest BCUT2D eigenvalue weighted by atomic mass is 9.79. The van der Waals surface area contributed by atoms with E-state index in [0.29, 0.717) is 60.8 Å². The van der Waals surface area contributed by atoms with Crippen LogP contribution in [0.3, 0.4) is 0 Å². The second kappa shape index (κ2) is 13.9. The predicted molar refractivity (Wildman–Crippen MR) is 180 cm³/mol. The molecule has 3 aromatic rings. The van der Waals surface area contributed by atoms with Crippen LogP contribution in [0.25, 0.3) is 11.1 Å². The SMILES string of the molecule is COCCCN1C(=O)COc2ccc(N(C(=O)[C@H]3CN(C(=O)OC(C)(C)C)CC[C@@H]3c3cccc(-c4ccncc4F)c3)C3CC3)cc21. The smallest absolute Gasteiger partial charge is 0.410 e. The Morgan fingerprint density at radius 1 is 1.10 bits per heavy atom. The van der Waals surface area contributed by atoms with E-state index in [1.165, 1.54) is 6.20 Å². The standard InChI is InChI=1S/C37H43FN4O6/c1-37(2,3)48-36(45)40-17-14-28(24-7-5-8-25(19-24)29-13-15-39-21-31(29)38)30(22-40)35(44)42(26-9-10-26)27-11-12-33-32(20-27)41(16-6-18-46-4)34(43)23-47-33/h5,7-8,11-13,15,19-21,26,28,30H,6,9-10,14,16-18,22-23H2,1-4H3/t28-,30+/m1/s1. The van der Waals surface area contributed by atoms with Gasteiger partial charge in [0.2, 0.25) is 5.91 Å². The number of piperidine rings is 1. The zero-order chi connectivity index (χ0) is 34.0. The summed E-state index contributed by atoms with van der Waals surface area (Å²) in [5.41, 5.74) is 2.64. The molecule has 2 atom stereocenters. The van der Waals surface area contributed by atoms with E-state index in [-0.39, 0.29) is 36.9 Å². The first-order valence-corrected chi connectivity index (χ1v) is 16.6. The number of ether oxygens (including phenoxy) is 3. The summed E-state index contributed by atoms with van der Waals surface area (Å²) in [6.07, 6.45) is 5.16. The number of fused-ring (bicyclic) bond motifs is 1. The number of carbonyl (C=O) groups excluding carboxylic acids is 3. The molecule has 0 radical (unpaired) electrons. The Morgan fingerprint density at radius 3 is 2.65 bits per heavy atom. The van der Waals surface area contributed by atoms with E-state index in [2.05, 4.69) is 4.98 Å². The zero-order valence-corrected chi connectivity index (χ0v) is 28.0. The molecule has 1 aromatic heterocycles. The first-order chi connectivity index (χ1) is 23.0. The molecule has 3 heterocycles. The number of amides is 3. The molecule has 254 valence electrons. The number of nitrogens with zero attached hydrogens (tertiary/aromatic N) is 4. The number of aromatic nitrogens is 1. The third-order valence-electron chi connectivity index (χ3n) is 9.02. The normalized spacial score (nSPS) is 19.4. The van der Waals surface area contributed by atoms with Gasteiger partial charge in [-0.1, -0.05) is 24.3 Å². The highest BCUT2D eigenvalue weighted by Gasteiger charge is 2.44. The van der Waals surface area contributed by atoms with E-state index < -0.39 is 23.4 Å². The van der Waals surface area contributed by atoms with E-state index >= 15 is 0 Å². The van der Waals surface area contributed by atoms with Crippen molar-refractivity contribution >= 4 is 29.3 Å². The number of anilines is 2. The summed E-state index contributed by atoms with van der Waals surface area (Å²) >= 11 is 0. The van der Waals surface area contributed by atoms with Crippen LogP contribution < -0.4 is 14.5 Å². The minimum Gasteiger partial charge on any atom is -0.482 e. The first-order valence-electron chi connectivity index (χ1n) is 16.6. The summed E-state index contributed by atoms with van der Waals surface area (Å²) in [7, 11) is 1.63. The van der Waals surface area contributed by atoms with Crippen LogP contribution in [0, 0.1) is 11.7 Å². The molecule has 1 saturated heterocycles. The molecular weight excluding hydrogens is 615 g/mol. The van der Waals surface area contributed by atoms with Gasteiger partial charge in [0.05, 0.1) is 17.8 Å². The molecule has 1 aliphatic carbocycles. The van der Waals surface area contributed by atoms with Gasteiger partial charge in [0.15, 0.2) is 6.61 Å². The average Bonchev–Trinajstić information content (AvgIpc) is 3.90. The fraction of sp³-hybridized carbons (Fsp3) is 0.459. The summed E-state index contributed by atoms with van der Waals surface area (Å²) in [5, 5.41) is 0. The maximum absolute atomic E-state index is 14.9. The quantitative estimate of drug-likeness (QED) is 0.253. The number of pyridine rings is 1. The topological polar surface area (TPSA) is 102 Å². The molecule has 0 unspecified atom stereocenters. The van der Waals surface area contributed by atoms with Crippen LogP contribution in [-0.4, -0.2) is 79.4 Å². The Balaban J connectivity index is 1.36. The molecule has 0 bridgehead atoms. The number of hydrogen-bond acceptors (Lipinski definition) is 7. The number of methoxy groups -OCH3 is 1. The third kappa shape index (κ3) is 7.31. The number of carbonyl (C=O) groups is 3. The van der Waals surface area contributed by atoms with Gasteiger partial charge in [-0.05, 0) is 87.8 Å². The third-order valence-corrected chi connectivity index (χ3v) is 9.02. The molecule has 1 saturated carbocycles.